The van der Waals surface area contributed by atoms with Crippen molar-refractivity contribution in [1.82, 2.24) is 4.98 Å². The summed E-state index contributed by atoms with van der Waals surface area (Å²) >= 11 is 1.67. The zero-order valence-corrected chi connectivity index (χ0v) is 21.3. The molecule has 1 fully saturated rings. The van der Waals surface area contributed by atoms with Crippen LogP contribution in [-0.2, 0) is 20.7 Å². The topological polar surface area (TPSA) is 76.5 Å². The van der Waals surface area contributed by atoms with Gasteiger partial charge in [-0.15, -0.1) is 11.3 Å². The fourth-order valence-corrected chi connectivity index (χ4v) is 5.11. The molecular formula is C26H41NO4S. The molecule has 0 aromatic carbocycles. The Labute approximate surface area is 197 Å². The summed E-state index contributed by atoms with van der Waals surface area (Å²) in [6.45, 7) is 9.99. The van der Waals surface area contributed by atoms with Crippen molar-refractivity contribution in [3.63, 3.8) is 0 Å². The molecule has 0 radical (unpaired) electrons. The number of Topliss-reactive ketones (excluding diaryl/α,β-unsaturated/α-hetero) is 1. The van der Waals surface area contributed by atoms with E-state index in [2.05, 4.69) is 30.3 Å². The lowest BCUT2D eigenvalue weighted by molar-refractivity contribution is -0.147. The lowest BCUT2D eigenvalue weighted by atomic mass is 9.93. The quantitative estimate of drug-likeness (QED) is 0.250. The molecular weight excluding hydrogens is 422 g/mol. The average Bonchev–Trinajstić information content (AvgIpc) is 3.13. The summed E-state index contributed by atoms with van der Waals surface area (Å²) in [4.78, 5) is 28.0. The Morgan fingerprint density at radius 1 is 1.34 bits per heavy atom. The van der Waals surface area contributed by atoms with Crippen molar-refractivity contribution < 1.29 is 19.4 Å². The number of aromatic nitrogens is 1. The van der Waals surface area contributed by atoms with Gasteiger partial charge >= 0.3 is 5.97 Å². The van der Waals surface area contributed by atoms with Crippen molar-refractivity contribution in [1.29, 1.82) is 0 Å². The first-order valence-electron chi connectivity index (χ1n) is 12.2. The van der Waals surface area contributed by atoms with Crippen molar-refractivity contribution in [2.24, 2.45) is 11.3 Å². The second kappa shape index (κ2) is 12.6. The summed E-state index contributed by atoms with van der Waals surface area (Å²) in [5.41, 5.74) is 2.28. The lowest BCUT2D eigenvalue weighted by Gasteiger charge is -2.20. The maximum Gasteiger partial charge on any atom is 0.306 e. The third-order valence-electron chi connectivity index (χ3n) is 6.58. The number of hydrogen-bond donors (Lipinski definition) is 1. The number of aliphatic hydroxyl groups is 1. The molecule has 5 nitrogen and oxygen atoms in total. The molecule has 180 valence electrons. The molecule has 1 aliphatic rings. The van der Waals surface area contributed by atoms with Crippen LogP contribution in [0.15, 0.2) is 11.0 Å². The number of aliphatic hydroxyl groups excluding tert-OH is 1. The zero-order chi connectivity index (χ0) is 23.7. The van der Waals surface area contributed by atoms with E-state index >= 15 is 0 Å². The van der Waals surface area contributed by atoms with E-state index in [0.29, 0.717) is 18.8 Å². The van der Waals surface area contributed by atoms with Crippen LogP contribution in [0.5, 0.6) is 0 Å². The number of esters is 1. The second-order valence-electron chi connectivity index (χ2n) is 9.73. The van der Waals surface area contributed by atoms with E-state index in [1.165, 1.54) is 6.92 Å². The van der Waals surface area contributed by atoms with Crippen LogP contribution in [0.1, 0.15) is 103 Å². The Morgan fingerprint density at radius 2 is 2.09 bits per heavy atom. The highest BCUT2D eigenvalue weighted by Crippen LogP contribution is 2.58. The largest absolute Gasteiger partial charge is 0.458 e. The van der Waals surface area contributed by atoms with E-state index < -0.39 is 6.10 Å². The first-order valence-corrected chi connectivity index (χ1v) is 13.0. The van der Waals surface area contributed by atoms with Gasteiger partial charge < -0.3 is 9.84 Å². The van der Waals surface area contributed by atoms with Crippen LogP contribution in [0.25, 0.3) is 6.08 Å². The van der Waals surface area contributed by atoms with Crippen LogP contribution in [0.4, 0.5) is 0 Å². The first kappa shape index (κ1) is 26.7. The van der Waals surface area contributed by atoms with E-state index in [0.717, 1.165) is 61.2 Å². The summed E-state index contributed by atoms with van der Waals surface area (Å²) < 4.78 is 5.90. The highest BCUT2D eigenvalue weighted by atomic mass is 32.1. The molecule has 1 saturated carbocycles. The number of hydrogen-bond acceptors (Lipinski definition) is 6. The van der Waals surface area contributed by atoms with Crippen LogP contribution in [0.3, 0.4) is 0 Å². The van der Waals surface area contributed by atoms with Crippen molar-refractivity contribution in [3.8, 4) is 0 Å². The van der Waals surface area contributed by atoms with Crippen molar-refractivity contribution in [2.45, 2.75) is 111 Å². The molecule has 2 unspecified atom stereocenters. The van der Waals surface area contributed by atoms with Gasteiger partial charge in [-0.2, -0.15) is 0 Å². The average molecular weight is 464 g/mol. The molecule has 1 aliphatic carbocycles. The molecule has 0 bridgehead atoms. The lowest BCUT2D eigenvalue weighted by Crippen LogP contribution is -2.21. The number of carbonyl (C=O) groups excluding carboxylic acids is 2. The Kier molecular flexibility index (Phi) is 10.6. The predicted octanol–water partition coefficient (Wildman–Crippen LogP) is 6.14. The van der Waals surface area contributed by atoms with Crippen molar-refractivity contribution in [2.75, 3.05) is 0 Å². The van der Waals surface area contributed by atoms with E-state index in [-0.39, 0.29) is 29.7 Å². The van der Waals surface area contributed by atoms with Crippen molar-refractivity contribution >= 4 is 29.2 Å². The predicted molar refractivity (Wildman–Crippen MR) is 131 cm³/mol. The molecule has 0 saturated heterocycles. The summed E-state index contributed by atoms with van der Waals surface area (Å²) in [7, 11) is 0. The Balaban J connectivity index is 1.91. The maximum absolute atomic E-state index is 12.3. The molecule has 0 amide bonds. The summed E-state index contributed by atoms with van der Waals surface area (Å²) in [5, 5.41) is 13.1. The van der Waals surface area contributed by atoms with E-state index in [9.17, 15) is 14.7 Å². The minimum atomic E-state index is -0.510. The number of ketones is 1. The standard InChI is InChI=1S/C26H41NO4S/c1-6-10-25(30)31-23(18(3)13-21-17-32-24(7-2)27-21)15-20-16-26(20,5)12-9-8-11-22(29)14-19(4)28/h13,17,20,22-23,29H,6-12,14-16H2,1-5H3/b18-13+/t20-,22?,23?,26+/m1/s1. The van der Waals surface area contributed by atoms with E-state index in [4.69, 9.17) is 4.74 Å². The van der Waals surface area contributed by atoms with Crippen LogP contribution in [0.2, 0.25) is 0 Å². The maximum atomic E-state index is 12.3. The number of carbonyl (C=O) groups is 2. The van der Waals surface area contributed by atoms with Gasteiger partial charge in [-0.25, -0.2) is 4.98 Å². The highest BCUT2D eigenvalue weighted by Gasteiger charge is 2.50. The number of aryl methyl sites for hydroxylation is 1. The number of thiazole rings is 1. The second-order valence-corrected chi connectivity index (χ2v) is 10.7. The number of unbranched alkanes of at least 4 members (excludes halogenated alkanes) is 1. The molecule has 1 aromatic heterocycles. The molecule has 2 rings (SSSR count). The van der Waals surface area contributed by atoms with Gasteiger partial charge in [0.15, 0.2) is 0 Å². The third kappa shape index (κ3) is 8.78. The SMILES string of the molecule is CCCC(=O)OC(C[C@@H]1C[C@]1(C)CCCCC(O)CC(C)=O)/C(C)=C/c1csc(CC)n1. The van der Waals surface area contributed by atoms with Gasteiger partial charge in [-0.1, -0.05) is 33.6 Å². The minimum Gasteiger partial charge on any atom is -0.458 e. The summed E-state index contributed by atoms with van der Waals surface area (Å²) in [6.07, 6.45) is 9.56. The van der Waals surface area contributed by atoms with Crippen LogP contribution >= 0.6 is 11.3 Å². The fourth-order valence-electron chi connectivity index (χ4n) is 4.41. The van der Waals surface area contributed by atoms with Gasteiger partial charge in [0, 0.05) is 18.2 Å². The molecule has 1 aromatic rings. The van der Waals surface area contributed by atoms with E-state index in [1.807, 2.05) is 13.8 Å². The van der Waals surface area contributed by atoms with Crippen LogP contribution in [-0.4, -0.2) is 34.1 Å². The van der Waals surface area contributed by atoms with Crippen LogP contribution in [0, 0.1) is 11.3 Å². The van der Waals surface area contributed by atoms with Gasteiger partial charge in [0.2, 0.25) is 0 Å². The monoisotopic (exact) mass is 463 g/mol. The molecule has 32 heavy (non-hydrogen) atoms. The zero-order valence-electron chi connectivity index (χ0n) is 20.5. The summed E-state index contributed by atoms with van der Waals surface area (Å²) in [5.74, 6) is 0.455. The number of nitrogens with zero attached hydrogens (tertiary/aromatic N) is 1. The molecule has 6 heteroatoms. The smallest absolute Gasteiger partial charge is 0.306 e. The van der Waals surface area contributed by atoms with Gasteiger partial charge in [0.25, 0.3) is 0 Å². The summed E-state index contributed by atoms with van der Waals surface area (Å²) in [6, 6.07) is 0. The van der Waals surface area contributed by atoms with Gasteiger partial charge in [-0.3, -0.25) is 9.59 Å². The number of ether oxygens (including phenoxy) is 1. The molecule has 0 aliphatic heterocycles. The molecule has 4 atom stereocenters. The molecule has 1 N–H and O–H groups in total. The Bertz CT molecular complexity index is 787. The van der Waals surface area contributed by atoms with Gasteiger partial charge in [0.1, 0.15) is 11.9 Å². The number of rotatable bonds is 15. The highest BCUT2D eigenvalue weighted by molar-refractivity contribution is 7.09. The Morgan fingerprint density at radius 3 is 2.72 bits per heavy atom. The Hall–Kier alpha value is -1.53. The molecule has 1 heterocycles. The fraction of sp³-hybridized carbons (Fsp3) is 0.731. The van der Waals surface area contributed by atoms with Gasteiger partial charge in [-0.05, 0) is 75.4 Å². The first-order chi connectivity index (χ1) is 15.2. The molecule has 0 spiro atoms. The van der Waals surface area contributed by atoms with Crippen LogP contribution < -0.4 is 0 Å². The van der Waals surface area contributed by atoms with Gasteiger partial charge in [0.05, 0.1) is 16.8 Å². The van der Waals surface area contributed by atoms with E-state index in [1.54, 1.807) is 11.3 Å². The minimum absolute atomic E-state index is 0.0439. The van der Waals surface area contributed by atoms with Crippen molar-refractivity contribution in [3.05, 3.63) is 21.7 Å². The third-order valence-corrected chi connectivity index (χ3v) is 7.59. The normalized spacial score (nSPS) is 22.4.